The maximum Gasteiger partial charge on any atom is 0.0543 e. The molecule has 7 aromatic carbocycles. The smallest absolute Gasteiger partial charge is 0.0543 e. The highest BCUT2D eigenvalue weighted by molar-refractivity contribution is 6.11. The van der Waals surface area contributed by atoms with Gasteiger partial charge in [-0.25, -0.2) is 0 Å². The molecule has 0 aliphatic heterocycles. The van der Waals surface area contributed by atoms with Gasteiger partial charge in [-0.1, -0.05) is 133 Å². The van der Waals surface area contributed by atoms with E-state index in [0.29, 0.717) is 0 Å². The van der Waals surface area contributed by atoms with Gasteiger partial charge in [0.15, 0.2) is 0 Å². The minimum absolute atomic E-state index is 0.0593. The fourth-order valence-electron chi connectivity index (χ4n) is 8.93. The summed E-state index contributed by atoms with van der Waals surface area (Å²) in [4.78, 5) is 2.45. The molecule has 0 amide bonds. The van der Waals surface area contributed by atoms with Gasteiger partial charge >= 0.3 is 0 Å². The standard InChI is InChI=1S/C53H52N2/c1-33-15-21-37(22-16-33)54(38-23-17-34(2)18-24-38)49-32-46-50(41-14-12-11-13-40(41)49)42-26-25-39(31-45(42)53(46,9)10)55-47-27-19-35(51(3,4)5)29-43(47)44-30-36(52(6,7)8)20-28-48(44)55/h11-32H,1-10H3. The topological polar surface area (TPSA) is 8.17 Å². The van der Waals surface area contributed by atoms with Gasteiger partial charge in [0.05, 0.1) is 16.7 Å². The van der Waals surface area contributed by atoms with Crippen molar-refractivity contribution in [3.8, 4) is 16.8 Å². The summed E-state index contributed by atoms with van der Waals surface area (Å²) in [5.74, 6) is 0. The number of anilines is 3. The first-order chi connectivity index (χ1) is 26.1. The molecule has 0 unspecified atom stereocenters. The Morgan fingerprint density at radius 1 is 0.491 bits per heavy atom. The van der Waals surface area contributed by atoms with Crippen LogP contribution in [0.1, 0.15) is 88.8 Å². The Hall–Kier alpha value is -5.60. The number of aryl methyl sites for hydroxylation is 2. The lowest BCUT2D eigenvalue weighted by Gasteiger charge is -2.30. The molecule has 9 rings (SSSR count). The van der Waals surface area contributed by atoms with E-state index in [4.69, 9.17) is 0 Å². The van der Waals surface area contributed by atoms with Crippen LogP contribution in [-0.2, 0) is 16.2 Å². The Bertz CT molecular complexity index is 2680. The molecule has 0 atom stereocenters. The third-order valence-electron chi connectivity index (χ3n) is 12.2. The molecule has 0 radical (unpaired) electrons. The molecule has 1 aliphatic carbocycles. The highest BCUT2D eigenvalue weighted by Crippen LogP contribution is 2.55. The van der Waals surface area contributed by atoms with Crippen LogP contribution in [-0.4, -0.2) is 4.57 Å². The molecule has 0 bridgehead atoms. The van der Waals surface area contributed by atoms with E-state index in [2.05, 4.69) is 212 Å². The van der Waals surface area contributed by atoms with E-state index >= 15 is 0 Å². The van der Waals surface area contributed by atoms with Crippen LogP contribution in [0.15, 0.2) is 133 Å². The maximum absolute atomic E-state index is 2.50. The Morgan fingerprint density at radius 2 is 1.00 bits per heavy atom. The Labute approximate surface area is 327 Å². The van der Waals surface area contributed by atoms with Crippen molar-refractivity contribution in [1.29, 1.82) is 0 Å². The maximum atomic E-state index is 2.50. The van der Waals surface area contributed by atoms with Gasteiger partial charge in [0.2, 0.25) is 0 Å². The van der Waals surface area contributed by atoms with Gasteiger partial charge in [0, 0.05) is 38.6 Å². The molecule has 0 saturated heterocycles. The van der Waals surface area contributed by atoms with Crippen LogP contribution in [0.25, 0.3) is 49.4 Å². The third kappa shape index (κ3) is 5.60. The van der Waals surface area contributed by atoms with E-state index in [1.165, 1.54) is 88.5 Å². The number of hydrogen-bond acceptors (Lipinski definition) is 1. The van der Waals surface area contributed by atoms with Crippen molar-refractivity contribution in [2.45, 2.75) is 85.5 Å². The molecule has 2 nitrogen and oxygen atoms in total. The Morgan fingerprint density at radius 3 is 1.51 bits per heavy atom. The van der Waals surface area contributed by atoms with Crippen LogP contribution in [0, 0.1) is 13.8 Å². The number of fused-ring (bicyclic) bond motifs is 8. The minimum atomic E-state index is -0.233. The molecule has 1 heterocycles. The average Bonchev–Trinajstić information content (AvgIpc) is 3.60. The Balaban J connectivity index is 1.27. The number of nitrogens with zero attached hydrogens (tertiary/aromatic N) is 2. The van der Waals surface area contributed by atoms with Crippen LogP contribution in [0.4, 0.5) is 17.1 Å². The zero-order valence-corrected chi connectivity index (χ0v) is 34.1. The summed E-state index contributed by atoms with van der Waals surface area (Å²) < 4.78 is 2.50. The first-order valence-electron chi connectivity index (χ1n) is 19.9. The predicted octanol–water partition coefficient (Wildman–Crippen LogP) is 14.9. The van der Waals surface area contributed by atoms with Crippen molar-refractivity contribution in [2.24, 2.45) is 0 Å². The summed E-state index contributed by atoms with van der Waals surface area (Å²) in [7, 11) is 0. The predicted molar refractivity (Wildman–Crippen MR) is 237 cm³/mol. The van der Waals surface area contributed by atoms with Gasteiger partial charge in [0.25, 0.3) is 0 Å². The van der Waals surface area contributed by atoms with E-state index < -0.39 is 0 Å². The second kappa shape index (κ2) is 12.2. The second-order valence-corrected chi connectivity index (χ2v) is 18.5. The van der Waals surface area contributed by atoms with Crippen molar-refractivity contribution in [3.63, 3.8) is 0 Å². The van der Waals surface area contributed by atoms with Gasteiger partial charge in [0.1, 0.15) is 0 Å². The fourth-order valence-corrected chi connectivity index (χ4v) is 8.93. The summed E-state index contributed by atoms with van der Waals surface area (Å²) in [6.07, 6.45) is 0. The molecule has 0 spiro atoms. The average molecular weight is 717 g/mol. The molecule has 274 valence electrons. The summed E-state index contributed by atoms with van der Waals surface area (Å²) in [6.45, 7) is 23.0. The van der Waals surface area contributed by atoms with Gasteiger partial charge in [-0.15, -0.1) is 0 Å². The number of benzene rings is 7. The zero-order valence-electron chi connectivity index (χ0n) is 34.1. The van der Waals surface area contributed by atoms with Crippen molar-refractivity contribution in [1.82, 2.24) is 4.57 Å². The molecule has 55 heavy (non-hydrogen) atoms. The van der Waals surface area contributed by atoms with E-state index in [0.717, 1.165) is 11.4 Å². The second-order valence-electron chi connectivity index (χ2n) is 18.5. The van der Waals surface area contributed by atoms with Gasteiger partial charge < -0.3 is 9.47 Å². The number of rotatable bonds is 4. The lowest BCUT2D eigenvalue weighted by molar-refractivity contribution is 0.590. The van der Waals surface area contributed by atoms with E-state index in [1.54, 1.807) is 0 Å². The zero-order chi connectivity index (χ0) is 38.6. The first kappa shape index (κ1) is 35.1. The van der Waals surface area contributed by atoms with Crippen molar-refractivity contribution >= 4 is 49.6 Å². The molecule has 0 saturated carbocycles. The lowest BCUT2D eigenvalue weighted by Crippen LogP contribution is -2.17. The van der Waals surface area contributed by atoms with Crippen molar-refractivity contribution in [3.05, 3.63) is 167 Å². The molecular weight excluding hydrogens is 665 g/mol. The molecule has 0 fully saturated rings. The van der Waals surface area contributed by atoms with Gasteiger partial charge in [-0.05, 0) is 130 Å². The molecule has 1 aliphatic rings. The molecule has 2 heteroatoms. The summed E-state index contributed by atoms with van der Waals surface area (Å²) >= 11 is 0. The van der Waals surface area contributed by atoms with Crippen LogP contribution < -0.4 is 4.90 Å². The number of hydrogen-bond donors (Lipinski definition) is 0. The quantitative estimate of drug-likeness (QED) is 0.176. The lowest BCUT2D eigenvalue weighted by atomic mass is 9.81. The van der Waals surface area contributed by atoms with Crippen molar-refractivity contribution < 1.29 is 0 Å². The highest BCUT2D eigenvalue weighted by atomic mass is 15.1. The van der Waals surface area contributed by atoms with Crippen LogP contribution in [0.2, 0.25) is 0 Å². The summed E-state index contributed by atoms with van der Waals surface area (Å²) in [6, 6.07) is 50.9. The van der Waals surface area contributed by atoms with Crippen molar-refractivity contribution in [2.75, 3.05) is 4.90 Å². The highest BCUT2D eigenvalue weighted by Gasteiger charge is 2.38. The monoisotopic (exact) mass is 716 g/mol. The van der Waals surface area contributed by atoms with Crippen LogP contribution >= 0.6 is 0 Å². The van der Waals surface area contributed by atoms with Crippen LogP contribution in [0.3, 0.4) is 0 Å². The van der Waals surface area contributed by atoms with Gasteiger partial charge in [-0.3, -0.25) is 0 Å². The largest absolute Gasteiger partial charge is 0.310 e. The van der Waals surface area contributed by atoms with Gasteiger partial charge in [-0.2, -0.15) is 0 Å². The first-order valence-corrected chi connectivity index (χ1v) is 19.9. The molecular formula is C53H52N2. The van der Waals surface area contributed by atoms with E-state index in [-0.39, 0.29) is 16.2 Å². The summed E-state index contributed by atoms with van der Waals surface area (Å²) in [5, 5.41) is 5.18. The SMILES string of the molecule is Cc1ccc(N(c2ccc(C)cc2)c2cc3c(c4ccccc24)-c2ccc(-n4c5ccc(C(C)(C)C)cc5c5cc(C(C)(C)C)ccc54)cc2C3(C)C)cc1. The van der Waals surface area contributed by atoms with E-state index in [1.807, 2.05) is 0 Å². The number of aromatic nitrogens is 1. The fraction of sp³-hybridized carbons (Fsp3) is 0.245. The normalized spacial score (nSPS) is 13.8. The Kier molecular flexibility index (Phi) is 7.79. The minimum Gasteiger partial charge on any atom is -0.310 e. The van der Waals surface area contributed by atoms with Crippen LogP contribution in [0.5, 0.6) is 0 Å². The molecule has 8 aromatic rings. The van der Waals surface area contributed by atoms with E-state index in [9.17, 15) is 0 Å². The molecule has 1 aromatic heterocycles. The molecule has 0 N–H and O–H groups in total. The third-order valence-corrected chi connectivity index (χ3v) is 12.2. The summed E-state index contributed by atoms with van der Waals surface area (Å²) in [5.41, 5.74) is 17.8.